The summed E-state index contributed by atoms with van der Waals surface area (Å²) in [6.45, 7) is 0. The van der Waals surface area contributed by atoms with Crippen molar-refractivity contribution >= 4 is 23.9 Å². The first-order valence-electron chi connectivity index (χ1n) is 6.47. The van der Waals surface area contributed by atoms with Gasteiger partial charge in [0, 0.05) is 0 Å². The van der Waals surface area contributed by atoms with Crippen molar-refractivity contribution < 1.29 is 81.7 Å². The number of nitrogens with zero attached hydrogens (tertiary/aromatic N) is 2. The molecule has 0 radical (unpaired) electrons. The number of nitrogens with one attached hydrogen (secondary N) is 4. The molecular weight excluding hydrogens is 490 g/mol. The van der Waals surface area contributed by atoms with Gasteiger partial charge in [0.25, 0.3) is 0 Å². The van der Waals surface area contributed by atoms with Crippen LogP contribution in [-0.4, -0.2) is 82.5 Å². The molecule has 0 aliphatic rings. The van der Waals surface area contributed by atoms with Gasteiger partial charge in [0.2, 0.25) is 0 Å². The number of aromatic carboxylic acids is 4. The molecule has 0 unspecified atom stereocenters. The third kappa shape index (κ3) is 17.7. The van der Waals surface area contributed by atoms with Gasteiger partial charge in [-0.05, 0) is 0 Å². The molecule has 0 saturated heterocycles. The summed E-state index contributed by atoms with van der Waals surface area (Å²) in [6.07, 6.45) is 0. The SMILES string of the molecule is C[NH-].C[NH-].C[NH-].C[NH-].O=C(O)c1nc(C(=O)O)c(C(=O)O)nc1C(=O)O.[O]=[V+2].[O]=[V+2]. The van der Waals surface area contributed by atoms with E-state index >= 15 is 0 Å². The molecule has 0 saturated carbocycles. The molecule has 8 N–H and O–H groups in total. The molecule has 1 aromatic heterocycles. The Morgan fingerprint density at radius 3 is 0.667 bits per heavy atom. The van der Waals surface area contributed by atoms with Gasteiger partial charge in [-0.15, -0.1) is 0 Å². The second-order valence-corrected chi connectivity index (χ2v) is 2.84. The Morgan fingerprint density at radius 2 is 0.600 bits per heavy atom. The quantitative estimate of drug-likeness (QED) is 0.450. The molecule has 1 aromatic rings. The third-order valence-electron chi connectivity index (χ3n) is 1.71. The summed E-state index contributed by atoms with van der Waals surface area (Å²) in [5, 5.41) is 34.6. The molecule has 0 atom stereocenters. The molecule has 0 spiro atoms. The van der Waals surface area contributed by atoms with Gasteiger partial charge in [-0.1, -0.05) is 0 Å². The second kappa shape index (κ2) is 31.3. The van der Waals surface area contributed by atoms with Crippen LogP contribution in [0.2, 0.25) is 0 Å². The van der Waals surface area contributed by atoms with Crippen LogP contribution >= 0.6 is 0 Å². The van der Waals surface area contributed by atoms with Crippen molar-refractivity contribution in [1.29, 1.82) is 0 Å². The van der Waals surface area contributed by atoms with Crippen molar-refractivity contribution in [2.45, 2.75) is 0 Å². The number of hydrogen-bond acceptors (Lipinski definition) is 8. The normalized spacial score (nSPS) is 7.07. The fraction of sp³-hybridized carbons (Fsp3) is 0.333. The Balaban J connectivity index is -0.000000103. The fourth-order valence-electron chi connectivity index (χ4n) is 1.03. The molecule has 16 nitrogen and oxygen atoms in total. The Hall–Kier alpha value is -2.43. The van der Waals surface area contributed by atoms with Crippen molar-refractivity contribution in [3.63, 3.8) is 0 Å². The van der Waals surface area contributed by atoms with Crippen LogP contribution in [0.25, 0.3) is 22.9 Å². The molecule has 18 heteroatoms. The van der Waals surface area contributed by atoms with Crippen LogP contribution < -0.4 is 0 Å². The Labute approximate surface area is 189 Å². The van der Waals surface area contributed by atoms with Crippen molar-refractivity contribution in [2.75, 3.05) is 28.2 Å². The van der Waals surface area contributed by atoms with Gasteiger partial charge in [-0.25, -0.2) is 29.1 Å². The first-order valence-corrected chi connectivity index (χ1v) is 7.61. The van der Waals surface area contributed by atoms with Gasteiger partial charge in [0.15, 0.2) is 22.8 Å². The summed E-state index contributed by atoms with van der Waals surface area (Å²) in [6, 6.07) is 0. The van der Waals surface area contributed by atoms with Crippen molar-refractivity contribution in [1.82, 2.24) is 9.97 Å². The molecule has 0 bridgehead atoms. The summed E-state index contributed by atoms with van der Waals surface area (Å²) in [4.78, 5) is 48.7. The second-order valence-electron chi connectivity index (χ2n) is 2.84. The van der Waals surface area contributed by atoms with E-state index in [1.165, 1.54) is 28.2 Å². The fourth-order valence-corrected chi connectivity index (χ4v) is 1.03. The predicted octanol–water partition coefficient (Wildman–Crippen LogP) is 1.70. The number of aromatic nitrogens is 2. The van der Waals surface area contributed by atoms with Gasteiger partial charge in [0.05, 0.1) is 0 Å². The molecule has 30 heavy (non-hydrogen) atoms. The number of carboxylic acids is 4. The zero-order valence-electron chi connectivity index (χ0n) is 16.0. The van der Waals surface area contributed by atoms with Crippen LogP contribution in [0.1, 0.15) is 42.0 Å². The van der Waals surface area contributed by atoms with Crippen LogP contribution in [0.4, 0.5) is 0 Å². The van der Waals surface area contributed by atoms with E-state index in [1.54, 1.807) is 0 Å². The van der Waals surface area contributed by atoms with E-state index in [0.717, 1.165) is 34.7 Å². The molecule has 0 aliphatic heterocycles. The van der Waals surface area contributed by atoms with Crippen LogP contribution in [0, 0.1) is 0 Å². The first-order chi connectivity index (χ1) is 14.3. The topological polar surface area (TPSA) is 304 Å². The van der Waals surface area contributed by atoms with E-state index in [1.807, 2.05) is 0 Å². The van der Waals surface area contributed by atoms with Crippen LogP contribution in [-0.2, 0) is 42.1 Å². The van der Waals surface area contributed by atoms with Gasteiger partial charge in [0.1, 0.15) is 0 Å². The van der Waals surface area contributed by atoms with E-state index in [-0.39, 0.29) is 0 Å². The molecule has 0 amide bonds. The standard InChI is InChI=1S/C8H4N2O8.4CH4N.2O.2V/c11-5(12)1-2(6(13)14)10-4(8(17)18)3(9-1)7(15)16;4*1-2;;;;/h(H,11,12)(H,13,14)(H,15,16)(H,17,18);4*2H,1H3;;;;/q;4*-1;;;2*+2. The zero-order chi connectivity index (χ0) is 26.0. The minimum atomic E-state index is -1.83. The summed E-state index contributed by atoms with van der Waals surface area (Å²) in [7, 11) is 5.00. The number of carbonyl (C=O) groups is 4. The van der Waals surface area contributed by atoms with Crippen LogP contribution in [0.15, 0.2) is 0 Å². The maximum absolute atomic E-state index is 10.7. The van der Waals surface area contributed by atoms with Gasteiger partial charge in [-0.3, -0.25) is 0 Å². The van der Waals surface area contributed by atoms with E-state index in [4.69, 9.17) is 50.7 Å². The van der Waals surface area contributed by atoms with Crippen molar-refractivity contribution in [3.05, 3.63) is 45.7 Å². The van der Waals surface area contributed by atoms with Gasteiger partial charge >= 0.3 is 66.0 Å². The summed E-state index contributed by atoms with van der Waals surface area (Å²) >= 11 is 2.12. The van der Waals surface area contributed by atoms with Crippen molar-refractivity contribution in [2.24, 2.45) is 0 Å². The molecule has 1 heterocycles. The number of carboxylic acid groups (broad SMARTS) is 4. The zero-order valence-corrected chi connectivity index (χ0v) is 18.8. The molecule has 168 valence electrons. The number of hydrogen-bond donors (Lipinski definition) is 4. The van der Waals surface area contributed by atoms with Gasteiger partial charge < -0.3 is 43.4 Å². The minimum absolute atomic E-state index is 1.06. The Kier molecular flexibility index (Phi) is 43.6. The molecule has 0 fully saturated rings. The molecule has 0 aromatic carbocycles. The van der Waals surface area contributed by atoms with Gasteiger partial charge in [-0.2, -0.15) is 28.2 Å². The maximum atomic E-state index is 10.7. The summed E-state index contributed by atoms with van der Waals surface area (Å²) in [5.41, 5.74) is 18.4. The van der Waals surface area contributed by atoms with Crippen LogP contribution in [0.5, 0.6) is 0 Å². The van der Waals surface area contributed by atoms with E-state index in [2.05, 4.69) is 9.97 Å². The average molecular weight is 510 g/mol. The Morgan fingerprint density at radius 1 is 0.500 bits per heavy atom. The molecular formula is C12H20N6O10V2. The van der Waals surface area contributed by atoms with E-state index < -0.39 is 46.7 Å². The average Bonchev–Trinajstić information content (AvgIpc) is 2.80. The molecule has 1 rings (SSSR count). The molecule has 0 aliphatic carbocycles. The van der Waals surface area contributed by atoms with Crippen molar-refractivity contribution in [3.8, 4) is 0 Å². The first kappa shape index (κ1) is 41.8. The third-order valence-corrected chi connectivity index (χ3v) is 1.71. The van der Waals surface area contributed by atoms with E-state index in [0.29, 0.717) is 0 Å². The van der Waals surface area contributed by atoms with E-state index in [9.17, 15) is 19.2 Å². The number of rotatable bonds is 4. The summed E-state index contributed by atoms with van der Waals surface area (Å²) < 4.78 is 16.4. The summed E-state index contributed by atoms with van der Waals surface area (Å²) in [5.74, 6) is -7.34. The predicted molar refractivity (Wildman–Crippen MR) is 92.2 cm³/mol. The Bertz CT molecular complexity index is 536. The van der Waals surface area contributed by atoms with Crippen LogP contribution in [0.3, 0.4) is 0 Å². The monoisotopic (exact) mass is 510 g/mol.